The minimum absolute atomic E-state index is 0.0518. The van der Waals surface area contributed by atoms with E-state index in [1.807, 2.05) is 31.2 Å². The second-order valence-electron chi connectivity index (χ2n) is 5.72. The number of carbonyl (C=O) groups is 1. The van der Waals surface area contributed by atoms with Crippen molar-refractivity contribution in [2.45, 2.75) is 13.0 Å². The van der Waals surface area contributed by atoms with Crippen molar-refractivity contribution in [1.29, 1.82) is 0 Å². The normalized spacial score (nSPS) is 18.5. The number of pyridine rings is 1. The van der Waals surface area contributed by atoms with E-state index in [9.17, 15) is 18.0 Å². The highest BCUT2D eigenvalue weighted by molar-refractivity contribution is 7.94. The van der Waals surface area contributed by atoms with Crippen LogP contribution in [0.25, 0.3) is 11.3 Å². The van der Waals surface area contributed by atoms with E-state index in [-0.39, 0.29) is 11.3 Å². The number of sulfone groups is 1. The lowest BCUT2D eigenvalue weighted by molar-refractivity contribution is 0.0946. The van der Waals surface area contributed by atoms with E-state index in [0.717, 1.165) is 16.5 Å². The summed E-state index contributed by atoms with van der Waals surface area (Å²) >= 11 is 0. The van der Waals surface area contributed by atoms with Crippen LogP contribution in [-0.2, 0) is 9.84 Å². The van der Waals surface area contributed by atoms with E-state index >= 15 is 0 Å². The summed E-state index contributed by atoms with van der Waals surface area (Å²) in [6, 6.07) is 10.1. The molecule has 0 aliphatic carbocycles. The number of hydrogen-bond acceptors (Lipinski definition) is 4. The van der Waals surface area contributed by atoms with Crippen LogP contribution in [0.3, 0.4) is 0 Å². The first kappa shape index (κ1) is 16.2. The van der Waals surface area contributed by atoms with E-state index < -0.39 is 27.3 Å². The fraction of sp³-hybridized carbons (Fsp3) is 0.176. The van der Waals surface area contributed by atoms with Crippen molar-refractivity contribution in [2.75, 3.05) is 5.75 Å². The van der Waals surface area contributed by atoms with Crippen LogP contribution < -0.4 is 10.9 Å². The summed E-state index contributed by atoms with van der Waals surface area (Å²) < 4.78 is 22.7. The largest absolute Gasteiger partial charge is 0.345 e. The predicted molar refractivity (Wildman–Crippen MR) is 91.4 cm³/mol. The van der Waals surface area contributed by atoms with Gasteiger partial charge in [-0.25, -0.2) is 8.42 Å². The Morgan fingerprint density at radius 3 is 2.67 bits per heavy atom. The van der Waals surface area contributed by atoms with Crippen LogP contribution in [0, 0.1) is 6.92 Å². The Morgan fingerprint density at radius 2 is 2.04 bits per heavy atom. The van der Waals surface area contributed by atoms with Gasteiger partial charge in [0.25, 0.3) is 11.5 Å². The fourth-order valence-corrected chi connectivity index (χ4v) is 3.78. The molecule has 1 atom stereocenters. The minimum atomic E-state index is -3.26. The molecule has 2 N–H and O–H groups in total. The zero-order chi connectivity index (χ0) is 17.3. The molecule has 0 saturated carbocycles. The molecule has 2 heterocycles. The average Bonchev–Trinajstić information content (AvgIpc) is 2.85. The zero-order valence-electron chi connectivity index (χ0n) is 12.9. The van der Waals surface area contributed by atoms with Gasteiger partial charge in [0.15, 0.2) is 9.84 Å². The van der Waals surface area contributed by atoms with Gasteiger partial charge in [0.1, 0.15) is 5.56 Å². The van der Waals surface area contributed by atoms with Gasteiger partial charge in [0.2, 0.25) is 0 Å². The summed E-state index contributed by atoms with van der Waals surface area (Å²) in [5.41, 5.74) is 1.96. The van der Waals surface area contributed by atoms with Crippen LogP contribution in [0.4, 0.5) is 0 Å². The molecule has 0 fully saturated rings. The van der Waals surface area contributed by atoms with E-state index in [0.29, 0.717) is 5.69 Å². The molecule has 1 amide bonds. The van der Waals surface area contributed by atoms with Gasteiger partial charge in [-0.3, -0.25) is 9.59 Å². The highest BCUT2D eigenvalue weighted by atomic mass is 32.2. The third-order valence-corrected chi connectivity index (χ3v) is 5.13. The highest BCUT2D eigenvalue weighted by Gasteiger charge is 2.24. The van der Waals surface area contributed by atoms with Crippen molar-refractivity contribution >= 4 is 15.7 Å². The van der Waals surface area contributed by atoms with Gasteiger partial charge in [-0.1, -0.05) is 23.8 Å². The third-order valence-electron chi connectivity index (χ3n) is 3.73. The quantitative estimate of drug-likeness (QED) is 0.879. The van der Waals surface area contributed by atoms with Crippen LogP contribution in [0.2, 0.25) is 0 Å². The molecule has 1 aromatic heterocycles. The minimum Gasteiger partial charge on any atom is -0.345 e. The second kappa shape index (κ2) is 6.09. The number of nitrogens with one attached hydrogen (secondary N) is 2. The number of amides is 1. The predicted octanol–water partition coefficient (Wildman–Crippen LogP) is 1.39. The number of H-pyrrole nitrogens is 1. The molecule has 2 aromatic rings. The van der Waals surface area contributed by atoms with Gasteiger partial charge in [0, 0.05) is 11.1 Å². The molecule has 6 nitrogen and oxygen atoms in total. The molecule has 0 unspecified atom stereocenters. The maximum atomic E-state index is 12.2. The molecule has 0 radical (unpaired) electrons. The van der Waals surface area contributed by atoms with Gasteiger partial charge in [-0.15, -0.1) is 0 Å². The SMILES string of the molecule is Cc1cccc(-c2ccc(C(=O)N[C@@H]3C=CS(=O)(=O)C3)c(=O)[nH]2)c1. The molecule has 1 aliphatic heterocycles. The number of aryl methyl sites for hydroxylation is 1. The lowest BCUT2D eigenvalue weighted by atomic mass is 10.1. The van der Waals surface area contributed by atoms with Crippen molar-refractivity contribution < 1.29 is 13.2 Å². The Kier molecular flexibility index (Phi) is 4.11. The molecule has 7 heteroatoms. The average molecular weight is 344 g/mol. The molecular formula is C17H16N2O4S. The fourth-order valence-electron chi connectivity index (χ4n) is 2.55. The summed E-state index contributed by atoms with van der Waals surface area (Å²) in [4.78, 5) is 27.1. The van der Waals surface area contributed by atoms with Crippen molar-refractivity contribution in [3.63, 3.8) is 0 Å². The van der Waals surface area contributed by atoms with Crippen molar-refractivity contribution in [3.05, 3.63) is 69.4 Å². The van der Waals surface area contributed by atoms with Gasteiger partial charge in [-0.05, 0) is 36.8 Å². The number of aromatic nitrogens is 1. The van der Waals surface area contributed by atoms with E-state index in [4.69, 9.17) is 0 Å². The third kappa shape index (κ3) is 3.46. The molecule has 0 saturated heterocycles. The second-order valence-corrected chi connectivity index (χ2v) is 7.65. The van der Waals surface area contributed by atoms with Crippen LogP contribution in [0.15, 0.2) is 52.7 Å². The molecule has 0 bridgehead atoms. The smallest absolute Gasteiger partial charge is 0.261 e. The van der Waals surface area contributed by atoms with E-state index in [1.54, 1.807) is 6.07 Å². The number of rotatable bonds is 3. The first-order valence-corrected chi connectivity index (χ1v) is 9.08. The van der Waals surface area contributed by atoms with Crippen molar-refractivity contribution in [1.82, 2.24) is 10.3 Å². The molecule has 1 aliphatic rings. The number of benzene rings is 1. The van der Waals surface area contributed by atoms with Gasteiger partial charge in [0.05, 0.1) is 11.8 Å². The molecule has 1 aromatic carbocycles. The number of carbonyl (C=O) groups excluding carboxylic acids is 1. The number of aromatic amines is 1. The molecule has 124 valence electrons. The van der Waals surface area contributed by atoms with Crippen LogP contribution in [0.5, 0.6) is 0 Å². The van der Waals surface area contributed by atoms with Crippen molar-refractivity contribution in [3.8, 4) is 11.3 Å². The first-order chi connectivity index (χ1) is 11.3. The Morgan fingerprint density at radius 1 is 1.25 bits per heavy atom. The molecular weight excluding hydrogens is 328 g/mol. The summed E-state index contributed by atoms with van der Waals surface area (Å²) in [6.07, 6.45) is 1.41. The van der Waals surface area contributed by atoms with Gasteiger partial charge < -0.3 is 10.3 Å². The Hall–Kier alpha value is -2.67. The zero-order valence-corrected chi connectivity index (χ0v) is 13.8. The van der Waals surface area contributed by atoms with Crippen molar-refractivity contribution in [2.24, 2.45) is 0 Å². The molecule has 24 heavy (non-hydrogen) atoms. The lowest BCUT2D eigenvalue weighted by Gasteiger charge is -2.10. The van der Waals surface area contributed by atoms with Gasteiger partial charge in [-0.2, -0.15) is 0 Å². The summed E-state index contributed by atoms with van der Waals surface area (Å²) in [5.74, 6) is -0.781. The van der Waals surface area contributed by atoms with Crippen LogP contribution >= 0.6 is 0 Å². The highest BCUT2D eigenvalue weighted by Crippen LogP contribution is 2.17. The maximum Gasteiger partial charge on any atom is 0.261 e. The number of hydrogen-bond donors (Lipinski definition) is 2. The van der Waals surface area contributed by atoms with Gasteiger partial charge >= 0.3 is 0 Å². The summed E-state index contributed by atoms with van der Waals surface area (Å²) in [6.45, 7) is 1.95. The topological polar surface area (TPSA) is 96.1 Å². The summed E-state index contributed by atoms with van der Waals surface area (Å²) in [5, 5.41) is 3.61. The van der Waals surface area contributed by atoms with E-state index in [1.165, 1.54) is 12.1 Å². The Balaban J connectivity index is 1.81. The van der Waals surface area contributed by atoms with Crippen LogP contribution in [-0.4, -0.2) is 31.1 Å². The molecule has 0 spiro atoms. The Labute approximate surface area is 139 Å². The summed E-state index contributed by atoms with van der Waals surface area (Å²) in [7, 11) is -3.26. The van der Waals surface area contributed by atoms with Crippen LogP contribution in [0.1, 0.15) is 15.9 Å². The lowest BCUT2D eigenvalue weighted by Crippen LogP contribution is -2.38. The standard InChI is InChI=1S/C17H16N2O4S/c1-11-3-2-4-12(9-11)15-6-5-14(17(21)19-15)16(20)18-13-7-8-24(22,23)10-13/h2-9,13H,10H2,1H3,(H,18,20)(H,19,21)/t13-/m1/s1. The van der Waals surface area contributed by atoms with E-state index in [2.05, 4.69) is 10.3 Å². The first-order valence-electron chi connectivity index (χ1n) is 7.36. The maximum absolute atomic E-state index is 12.2. The molecule has 3 rings (SSSR count). The Bertz CT molecular complexity index is 990. The monoisotopic (exact) mass is 344 g/mol.